The molecule has 9 nitrogen and oxygen atoms in total. The number of hydrogen-bond acceptors (Lipinski definition) is 7. The topological polar surface area (TPSA) is 130 Å². The summed E-state index contributed by atoms with van der Waals surface area (Å²) < 4.78 is 80.1. The number of nitrogens with one attached hydrogen (secondary N) is 2. The molecule has 1 amide bonds. The van der Waals surface area contributed by atoms with E-state index >= 15 is 0 Å². The lowest BCUT2D eigenvalue weighted by Crippen LogP contribution is -2.25. The van der Waals surface area contributed by atoms with Crippen LogP contribution in [-0.2, 0) is 16.2 Å². The van der Waals surface area contributed by atoms with Crippen LogP contribution >= 0.6 is 0 Å². The number of halogens is 4. The molecule has 0 saturated carbocycles. The first-order chi connectivity index (χ1) is 16.7. The lowest BCUT2D eigenvalue weighted by atomic mass is 10.1. The molecule has 4 N–H and O–H groups in total. The molecule has 0 unspecified atom stereocenters. The van der Waals surface area contributed by atoms with Crippen molar-refractivity contribution in [3.8, 4) is 0 Å². The molecule has 190 valence electrons. The predicted molar refractivity (Wildman–Crippen MR) is 127 cm³/mol. The summed E-state index contributed by atoms with van der Waals surface area (Å²) in [6, 6.07) is 7.27. The highest BCUT2D eigenvalue weighted by Crippen LogP contribution is 2.38. The van der Waals surface area contributed by atoms with Gasteiger partial charge in [-0.2, -0.15) is 18.2 Å². The maximum atomic E-state index is 13.9. The van der Waals surface area contributed by atoms with E-state index in [9.17, 15) is 30.8 Å². The second kappa shape index (κ2) is 9.81. The van der Waals surface area contributed by atoms with Gasteiger partial charge in [-0.15, -0.1) is 0 Å². The van der Waals surface area contributed by atoms with Gasteiger partial charge in [-0.1, -0.05) is 12.6 Å². The average Bonchev–Trinajstić information content (AvgIpc) is 2.80. The molecule has 0 radical (unpaired) electrons. The van der Waals surface area contributed by atoms with Crippen LogP contribution in [0.3, 0.4) is 0 Å². The minimum absolute atomic E-state index is 0.149. The van der Waals surface area contributed by atoms with Crippen molar-refractivity contribution in [2.24, 2.45) is 5.73 Å². The largest absolute Gasteiger partial charge is 0.421 e. The van der Waals surface area contributed by atoms with Gasteiger partial charge in [0.15, 0.2) is 0 Å². The number of benzene rings is 2. The van der Waals surface area contributed by atoms with Crippen molar-refractivity contribution < 1.29 is 30.8 Å². The zero-order chi connectivity index (χ0) is 26.8. The zero-order valence-electron chi connectivity index (χ0n) is 18.9. The highest BCUT2D eigenvalue weighted by molar-refractivity contribution is 7.95. The number of aryl methyl sites for hydroxylation is 1. The van der Waals surface area contributed by atoms with Gasteiger partial charge in [-0.25, -0.2) is 17.8 Å². The second-order valence-electron chi connectivity index (χ2n) is 7.44. The van der Waals surface area contributed by atoms with Crippen LogP contribution in [0.5, 0.6) is 0 Å². The van der Waals surface area contributed by atoms with Gasteiger partial charge in [0.2, 0.25) is 11.9 Å². The monoisotopic (exact) mass is 524 g/mol. The molecule has 1 heterocycles. The molecule has 0 aliphatic carbocycles. The van der Waals surface area contributed by atoms with Crippen molar-refractivity contribution in [1.29, 1.82) is 0 Å². The Bertz CT molecular complexity index is 1440. The summed E-state index contributed by atoms with van der Waals surface area (Å²) in [5.74, 6) is -2.55. The van der Waals surface area contributed by atoms with Crippen LogP contribution in [0, 0.1) is 12.7 Å². The summed E-state index contributed by atoms with van der Waals surface area (Å²) in [5, 5.41) is 5.77. The van der Waals surface area contributed by atoms with Crippen molar-refractivity contribution in [1.82, 2.24) is 9.97 Å². The standard InChI is InChI=1S/C22H20F4N6O3S/c1-4-36(34,35)32(3)18-10-14(23)7-8-16(18)29-20-15(22(24,25)26)11-28-21(31-20)30-17-9-13(19(27)33)6-5-12(17)2/h4-11H,1H2,2-3H3,(H2,27,33)(H2,28,29,30,31). The molecule has 3 aromatic rings. The van der Waals surface area contributed by atoms with E-state index in [1.807, 2.05) is 0 Å². The first-order valence-electron chi connectivity index (χ1n) is 10.0. The SMILES string of the molecule is C=CS(=O)(=O)N(C)c1cc(F)ccc1Nc1nc(Nc2cc(C(N)=O)ccc2C)ncc1C(F)(F)F. The van der Waals surface area contributed by atoms with E-state index in [1.165, 1.54) is 12.1 Å². The Labute approximate surface area is 203 Å². The van der Waals surface area contributed by atoms with Crippen molar-refractivity contribution in [3.05, 3.63) is 77.1 Å². The number of sulfonamides is 1. The maximum absolute atomic E-state index is 13.9. The second-order valence-corrected chi connectivity index (χ2v) is 9.35. The third-order valence-electron chi connectivity index (χ3n) is 5.01. The van der Waals surface area contributed by atoms with E-state index in [2.05, 4.69) is 27.2 Å². The number of amides is 1. The molecule has 0 fully saturated rings. The third kappa shape index (κ3) is 5.71. The fraction of sp³-hybridized carbons (Fsp3) is 0.136. The van der Waals surface area contributed by atoms with Crippen LogP contribution in [-0.4, -0.2) is 31.3 Å². The Balaban J connectivity index is 2.10. The Kier molecular flexibility index (Phi) is 7.20. The molecule has 0 atom stereocenters. The van der Waals surface area contributed by atoms with E-state index in [4.69, 9.17) is 5.73 Å². The van der Waals surface area contributed by atoms with E-state index in [1.54, 1.807) is 13.0 Å². The van der Waals surface area contributed by atoms with Crippen molar-refractivity contribution in [2.75, 3.05) is 22.0 Å². The molecule has 0 spiro atoms. The predicted octanol–water partition coefficient (Wildman–Crippen LogP) is 4.44. The van der Waals surface area contributed by atoms with Crippen molar-refractivity contribution >= 4 is 44.8 Å². The first kappa shape index (κ1) is 26.4. The fourth-order valence-corrected chi connectivity index (χ4v) is 3.67. The van der Waals surface area contributed by atoms with Crippen LogP contribution in [0.15, 0.2) is 54.6 Å². The van der Waals surface area contributed by atoms with Gasteiger partial charge in [0.1, 0.15) is 17.2 Å². The number of aromatic nitrogens is 2. The maximum Gasteiger partial charge on any atom is 0.421 e. The van der Waals surface area contributed by atoms with Gasteiger partial charge < -0.3 is 16.4 Å². The number of carbonyl (C=O) groups excluding carboxylic acids is 1. The molecule has 0 bridgehead atoms. The van der Waals surface area contributed by atoms with Gasteiger partial charge in [0.25, 0.3) is 10.0 Å². The number of anilines is 5. The van der Waals surface area contributed by atoms with Crippen molar-refractivity contribution in [2.45, 2.75) is 13.1 Å². The summed E-state index contributed by atoms with van der Waals surface area (Å²) in [7, 11) is -3.01. The summed E-state index contributed by atoms with van der Waals surface area (Å²) >= 11 is 0. The number of nitrogens with zero attached hydrogens (tertiary/aromatic N) is 3. The molecule has 36 heavy (non-hydrogen) atoms. The van der Waals surface area contributed by atoms with Crippen LogP contribution in [0.25, 0.3) is 0 Å². The van der Waals surface area contributed by atoms with Crippen LogP contribution in [0.2, 0.25) is 0 Å². The van der Waals surface area contributed by atoms with Gasteiger partial charge >= 0.3 is 6.18 Å². The lowest BCUT2D eigenvalue weighted by Gasteiger charge is -2.22. The first-order valence-corrected chi connectivity index (χ1v) is 11.5. The van der Waals surface area contributed by atoms with Gasteiger partial charge in [-0.05, 0) is 36.8 Å². The molecule has 0 saturated heterocycles. The Hall–Kier alpha value is -4.20. The Morgan fingerprint density at radius 1 is 1.14 bits per heavy atom. The quantitative estimate of drug-likeness (QED) is 0.372. The summed E-state index contributed by atoms with van der Waals surface area (Å²) in [4.78, 5) is 19.1. The molecule has 0 aliphatic heterocycles. The fourth-order valence-electron chi connectivity index (χ4n) is 3.02. The average molecular weight is 525 g/mol. The minimum Gasteiger partial charge on any atom is -0.366 e. The summed E-state index contributed by atoms with van der Waals surface area (Å²) in [5.41, 5.74) is 4.62. The lowest BCUT2D eigenvalue weighted by molar-refractivity contribution is -0.137. The van der Waals surface area contributed by atoms with Gasteiger partial charge in [0, 0.05) is 36.0 Å². The van der Waals surface area contributed by atoms with Gasteiger partial charge in [0.05, 0.1) is 11.4 Å². The molecule has 14 heteroatoms. The Morgan fingerprint density at radius 3 is 2.44 bits per heavy atom. The van der Waals surface area contributed by atoms with E-state index in [-0.39, 0.29) is 22.9 Å². The smallest absolute Gasteiger partial charge is 0.366 e. The van der Waals surface area contributed by atoms with E-state index < -0.39 is 39.3 Å². The van der Waals surface area contributed by atoms with E-state index in [0.717, 1.165) is 25.2 Å². The normalized spacial score (nSPS) is 11.6. The molecular weight excluding hydrogens is 504 g/mol. The third-order valence-corrected chi connectivity index (χ3v) is 6.39. The molecule has 2 aromatic carbocycles. The number of rotatable bonds is 8. The molecule has 1 aromatic heterocycles. The number of primary amides is 1. The molecular formula is C22H20F4N6O3S. The van der Waals surface area contributed by atoms with E-state index in [0.29, 0.717) is 27.2 Å². The number of carbonyl (C=O) groups is 1. The highest BCUT2D eigenvalue weighted by Gasteiger charge is 2.36. The van der Waals surface area contributed by atoms with Gasteiger partial charge in [-0.3, -0.25) is 9.10 Å². The van der Waals surface area contributed by atoms with Crippen LogP contribution in [0.1, 0.15) is 21.5 Å². The minimum atomic E-state index is -4.89. The summed E-state index contributed by atoms with van der Waals surface area (Å²) in [6.07, 6.45) is -4.36. The van der Waals surface area contributed by atoms with Crippen LogP contribution < -0.4 is 20.7 Å². The number of nitrogens with two attached hydrogens (primary N) is 1. The molecule has 0 aliphatic rings. The summed E-state index contributed by atoms with van der Waals surface area (Å²) in [6.45, 7) is 4.86. The number of alkyl halides is 3. The Morgan fingerprint density at radius 2 is 1.83 bits per heavy atom. The number of hydrogen-bond donors (Lipinski definition) is 3. The zero-order valence-corrected chi connectivity index (χ0v) is 19.7. The molecule has 3 rings (SSSR count). The van der Waals surface area contributed by atoms with Crippen molar-refractivity contribution in [3.63, 3.8) is 0 Å². The highest BCUT2D eigenvalue weighted by atomic mass is 32.2. The van der Waals surface area contributed by atoms with Crippen LogP contribution in [0.4, 0.5) is 46.4 Å².